The van der Waals surface area contributed by atoms with E-state index in [1.807, 2.05) is 65.3 Å². The summed E-state index contributed by atoms with van der Waals surface area (Å²) in [4.78, 5) is 65.2. The number of imide groups is 2. The Hall–Kier alpha value is -6.19. The predicted molar refractivity (Wildman–Crippen MR) is 220 cm³/mol. The lowest BCUT2D eigenvalue weighted by atomic mass is 9.93. The van der Waals surface area contributed by atoms with Crippen LogP contribution in [-0.4, -0.2) is 105 Å². The fourth-order valence-electron chi connectivity index (χ4n) is 8.87. The molecule has 2 unspecified atom stereocenters. The van der Waals surface area contributed by atoms with E-state index in [4.69, 9.17) is 20.3 Å². The van der Waals surface area contributed by atoms with Gasteiger partial charge in [-0.3, -0.25) is 34.3 Å². The number of anilines is 2. The number of amides is 4. The third-order valence-corrected chi connectivity index (χ3v) is 12.1. The maximum Gasteiger partial charge on any atom is 0.262 e. The summed E-state index contributed by atoms with van der Waals surface area (Å²) < 4.78 is 14.2. The number of carbonyl (C=O) groups excluding carboxylic acids is 4. The molecule has 3 N–H and O–H groups in total. The number of hydrogen-bond donors (Lipinski definition) is 2. The standard InChI is InChI=1S/C44H47N9O6/c45-40-38-39(29-8-11-33(12-9-29)59-32-6-2-1-3-7-32)49-53(41(38)47-27-46-40)31-5-4-19-50(26-31)22-24-58-23-18-28-16-20-51(21-17-28)30-10-13-34-35(25-30)44(57)52(43(34)56)36-14-15-37(54)48-42(36)55/h1-3,6-13,25,27-28,31,36H,4-5,14-24,26H2,(H2,45,46,47)(H,48,54,55). The van der Waals surface area contributed by atoms with E-state index < -0.39 is 23.8 Å². The molecule has 15 heteroatoms. The monoisotopic (exact) mass is 797 g/mol. The van der Waals surface area contributed by atoms with Crippen molar-refractivity contribution in [1.82, 2.24) is 34.9 Å². The lowest BCUT2D eigenvalue weighted by Gasteiger charge is -2.34. The van der Waals surface area contributed by atoms with Gasteiger partial charge in [0, 0.05) is 50.5 Å². The molecule has 3 fully saturated rings. The first-order chi connectivity index (χ1) is 28.8. The van der Waals surface area contributed by atoms with E-state index in [-0.39, 0.29) is 24.8 Å². The lowest BCUT2D eigenvalue weighted by molar-refractivity contribution is -0.136. The summed E-state index contributed by atoms with van der Waals surface area (Å²) in [6.07, 6.45) is 6.76. The van der Waals surface area contributed by atoms with E-state index in [0.29, 0.717) is 36.1 Å². The molecule has 5 aromatic rings. The van der Waals surface area contributed by atoms with Gasteiger partial charge in [0.15, 0.2) is 5.65 Å². The number of rotatable bonds is 12. The van der Waals surface area contributed by atoms with Gasteiger partial charge in [0.05, 0.1) is 29.2 Å². The van der Waals surface area contributed by atoms with Crippen molar-refractivity contribution in [3.63, 3.8) is 0 Å². The minimum Gasteiger partial charge on any atom is -0.457 e. The minimum atomic E-state index is -0.970. The molecule has 3 aromatic carbocycles. The topological polar surface area (TPSA) is 178 Å². The average Bonchev–Trinajstić information content (AvgIpc) is 3.77. The molecule has 304 valence electrons. The highest BCUT2D eigenvalue weighted by Gasteiger charge is 2.45. The van der Waals surface area contributed by atoms with Gasteiger partial charge in [0.25, 0.3) is 11.8 Å². The van der Waals surface area contributed by atoms with Crippen molar-refractivity contribution in [2.75, 3.05) is 56.6 Å². The van der Waals surface area contributed by atoms with Crippen molar-refractivity contribution < 1.29 is 28.7 Å². The quantitative estimate of drug-likeness (QED) is 0.124. The van der Waals surface area contributed by atoms with Gasteiger partial charge in [-0.2, -0.15) is 5.10 Å². The highest BCUT2D eigenvalue weighted by Crippen LogP contribution is 2.36. The Morgan fingerprint density at radius 2 is 1.59 bits per heavy atom. The number of nitrogen functional groups attached to an aromatic ring is 1. The van der Waals surface area contributed by atoms with E-state index >= 15 is 0 Å². The Bertz CT molecular complexity index is 2380. The summed E-state index contributed by atoms with van der Waals surface area (Å²) in [5, 5.41) is 8.11. The Morgan fingerprint density at radius 1 is 0.814 bits per heavy atom. The van der Waals surface area contributed by atoms with Gasteiger partial charge in [-0.1, -0.05) is 18.2 Å². The molecule has 0 radical (unpaired) electrons. The summed E-state index contributed by atoms with van der Waals surface area (Å²) in [6, 6.07) is 22.0. The molecular formula is C44H47N9O6. The number of benzene rings is 3. The highest BCUT2D eigenvalue weighted by molar-refractivity contribution is 6.23. The predicted octanol–water partition coefficient (Wildman–Crippen LogP) is 5.23. The first-order valence-electron chi connectivity index (χ1n) is 20.5. The number of nitrogens with one attached hydrogen (secondary N) is 1. The zero-order valence-corrected chi connectivity index (χ0v) is 32.8. The van der Waals surface area contributed by atoms with Crippen molar-refractivity contribution in [1.29, 1.82) is 0 Å². The van der Waals surface area contributed by atoms with Crippen molar-refractivity contribution in [3.05, 3.63) is 90.3 Å². The van der Waals surface area contributed by atoms with Crippen LogP contribution >= 0.6 is 0 Å². The van der Waals surface area contributed by atoms with Gasteiger partial charge < -0.3 is 20.1 Å². The second-order valence-electron chi connectivity index (χ2n) is 15.8. The Morgan fingerprint density at radius 3 is 2.39 bits per heavy atom. The van der Waals surface area contributed by atoms with Crippen LogP contribution in [0.1, 0.15) is 71.7 Å². The van der Waals surface area contributed by atoms with E-state index in [2.05, 4.69) is 25.1 Å². The number of hydrogen-bond acceptors (Lipinski definition) is 12. The number of fused-ring (bicyclic) bond motifs is 2. The molecule has 4 amide bonds. The van der Waals surface area contributed by atoms with Crippen LogP contribution in [0.2, 0.25) is 0 Å². The van der Waals surface area contributed by atoms with Crippen LogP contribution in [-0.2, 0) is 14.3 Å². The number of piperidine rings is 3. The van der Waals surface area contributed by atoms with Crippen LogP contribution in [0.15, 0.2) is 79.1 Å². The molecule has 9 rings (SSSR count). The van der Waals surface area contributed by atoms with Crippen LogP contribution < -0.4 is 20.7 Å². The van der Waals surface area contributed by atoms with Crippen molar-refractivity contribution in [3.8, 4) is 22.8 Å². The number of ether oxygens (including phenoxy) is 2. The first kappa shape index (κ1) is 38.3. The molecule has 3 saturated heterocycles. The molecule has 4 aliphatic heterocycles. The Labute approximate surface area is 341 Å². The fourth-order valence-corrected chi connectivity index (χ4v) is 8.87. The zero-order valence-electron chi connectivity index (χ0n) is 32.8. The van der Waals surface area contributed by atoms with Crippen molar-refractivity contribution in [2.45, 2.75) is 57.0 Å². The molecule has 15 nitrogen and oxygen atoms in total. The SMILES string of the molecule is Nc1ncnc2c1c(-c1ccc(Oc3ccccc3)cc1)nn2C1CCCN(CCOCCC2CCN(c3ccc4c(c3)C(=O)N(C3CCC(=O)NC3=O)C4=O)CC2)C1. The van der Waals surface area contributed by atoms with E-state index in [9.17, 15) is 19.2 Å². The van der Waals surface area contributed by atoms with Gasteiger partial charge in [0.2, 0.25) is 11.8 Å². The van der Waals surface area contributed by atoms with Crippen LogP contribution in [0, 0.1) is 5.92 Å². The molecule has 59 heavy (non-hydrogen) atoms. The lowest BCUT2D eigenvalue weighted by Crippen LogP contribution is -2.54. The second kappa shape index (κ2) is 16.6. The number of nitrogens with two attached hydrogens (primary N) is 1. The van der Waals surface area contributed by atoms with Gasteiger partial charge >= 0.3 is 0 Å². The van der Waals surface area contributed by atoms with Gasteiger partial charge in [-0.25, -0.2) is 14.6 Å². The summed E-state index contributed by atoms with van der Waals surface area (Å²) in [5.41, 5.74) is 10.4. The van der Waals surface area contributed by atoms with E-state index in [1.165, 1.54) is 6.33 Å². The molecule has 4 aliphatic rings. The number of para-hydroxylation sites is 1. The summed E-state index contributed by atoms with van der Waals surface area (Å²) in [7, 11) is 0. The number of likely N-dealkylation sites (tertiary alicyclic amines) is 1. The average molecular weight is 798 g/mol. The highest BCUT2D eigenvalue weighted by atomic mass is 16.5. The summed E-state index contributed by atoms with van der Waals surface area (Å²) in [6.45, 7) is 5.71. The molecule has 0 bridgehead atoms. The van der Waals surface area contributed by atoms with Crippen LogP contribution in [0.4, 0.5) is 11.5 Å². The fraction of sp³-hybridized carbons (Fsp3) is 0.386. The maximum atomic E-state index is 13.3. The molecule has 2 atom stereocenters. The van der Waals surface area contributed by atoms with Crippen molar-refractivity contribution in [2.24, 2.45) is 5.92 Å². The zero-order chi connectivity index (χ0) is 40.5. The molecule has 2 aromatic heterocycles. The van der Waals surface area contributed by atoms with Gasteiger partial charge in [-0.05, 0) is 106 Å². The molecule has 0 aliphatic carbocycles. The Kier molecular flexibility index (Phi) is 10.8. The van der Waals surface area contributed by atoms with Gasteiger partial charge in [0.1, 0.15) is 35.4 Å². The first-order valence-corrected chi connectivity index (χ1v) is 20.5. The summed E-state index contributed by atoms with van der Waals surface area (Å²) in [5.74, 6) is 0.492. The smallest absolute Gasteiger partial charge is 0.262 e. The third-order valence-electron chi connectivity index (χ3n) is 12.1. The minimum absolute atomic E-state index is 0.0944. The van der Waals surface area contributed by atoms with Crippen LogP contribution in [0.5, 0.6) is 11.5 Å². The largest absolute Gasteiger partial charge is 0.457 e. The number of carbonyl (C=O) groups is 4. The summed E-state index contributed by atoms with van der Waals surface area (Å²) >= 11 is 0. The van der Waals surface area contributed by atoms with Crippen molar-refractivity contribution >= 4 is 46.2 Å². The molecule has 6 heterocycles. The molecular weight excluding hydrogens is 751 g/mol. The Balaban J connectivity index is 0.746. The third kappa shape index (κ3) is 7.87. The number of aromatic nitrogens is 4. The normalized spacial score (nSPS) is 20.3. The van der Waals surface area contributed by atoms with Crippen LogP contribution in [0.25, 0.3) is 22.3 Å². The van der Waals surface area contributed by atoms with Crippen LogP contribution in [0.3, 0.4) is 0 Å². The molecule has 0 saturated carbocycles. The van der Waals surface area contributed by atoms with Gasteiger partial charge in [-0.15, -0.1) is 0 Å². The molecule has 0 spiro atoms. The van der Waals surface area contributed by atoms with E-state index in [1.54, 1.807) is 12.1 Å². The van der Waals surface area contributed by atoms with E-state index in [0.717, 1.165) is 109 Å². The second-order valence-corrected chi connectivity index (χ2v) is 15.8. The number of nitrogens with zero attached hydrogens (tertiary/aromatic N) is 7. The maximum absolute atomic E-state index is 13.3.